The number of hydrogen-bond acceptors (Lipinski definition) is 3. The molecule has 0 aliphatic heterocycles. The quantitative estimate of drug-likeness (QED) is 0.481. The van der Waals surface area contributed by atoms with Gasteiger partial charge in [-0.25, -0.2) is 0 Å². The van der Waals surface area contributed by atoms with Crippen LogP contribution in [0.4, 0.5) is 0 Å². The molecule has 0 aliphatic rings. The van der Waals surface area contributed by atoms with E-state index >= 15 is 0 Å². The van der Waals surface area contributed by atoms with Crippen LogP contribution in [0.3, 0.4) is 0 Å². The fourth-order valence-electron chi connectivity index (χ4n) is 1.39. The summed E-state index contributed by atoms with van der Waals surface area (Å²) in [7, 11) is -2.16. The van der Waals surface area contributed by atoms with Crippen molar-refractivity contribution in [1.82, 2.24) is 9.96 Å². The molecule has 0 bridgehead atoms. The second kappa shape index (κ2) is 8.46. The summed E-state index contributed by atoms with van der Waals surface area (Å²) in [5, 5.41) is 0. The van der Waals surface area contributed by atoms with Gasteiger partial charge in [-0.05, 0) is 26.4 Å². The number of rotatable bonds is 9. The van der Waals surface area contributed by atoms with Gasteiger partial charge in [0, 0.05) is 14.7 Å². The van der Waals surface area contributed by atoms with E-state index in [2.05, 4.69) is 43.5 Å². The maximum Gasteiger partial charge on any atom is 0.335 e. The highest BCUT2D eigenvalue weighted by Crippen LogP contribution is 2.09. The summed E-state index contributed by atoms with van der Waals surface area (Å²) in [4.78, 5) is 6.92. The van der Waals surface area contributed by atoms with E-state index in [1.165, 1.54) is 12.5 Å². The molecule has 92 valence electrons. The molecule has 0 aromatic carbocycles. The lowest BCUT2D eigenvalue weighted by Gasteiger charge is -2.19. The van der Waals surface area contributed by atoms with Crippen molar-refractivity contribution in [2.75, 3.05) is 19.7 Å². The summed E-state index contributed by atoms with van der Waals surface area (Å²) < 4.78 is 5.64. The van der Waals surface area contributed by atoms with E-state index < -0.39 is 17.4 Å². The Morgan fingerprint density at radius 3 is 2.27 bits per heavy atom. The average molecular weight is 249 g/mol. The Hall–Kier alpha value is 0.314. The Bertz CT molecular complexity index is 145. The minimum absolute atomic E-state index is 0.810. The van der Waals surface area contributed by atoms with Crippen LogP contribution >= 0.6 is 0 Å². The fraction of sp³-hybridized carbons (Fsp3) is 1.00. The van der Waals surface area contributed by atoms with Gasteiger partial charge in [0.15, 0.2) is 0 Å². The summed E-state index contributed by atoms with van der Waals surface area (Å²) in [5.74, 6) is 0. The van der Waals surface area contributed by atoms with Gasteiger partial charge in [-0.15, -0.1) is 0 Å². The molecule has 0 spiro atoms. The minimum atomic E-state index is -1.30. The first-order valence-corrected chi connectivity index (χ1v) is 11.4. The lowest BCUT2D eigenvalue weighted by Crippen LogP contribution is -2.50. The van der Waals surface area contributed by atoms with E-state index in [9.17, 15) is 0 Å². The van der Waals surface area contributed by atoms with Crippen LogP contribution in [0.25, 0.3) is 0 Å². The van der Waals surface area contributed by atoms with Crippen LogP contribution in [0, 0.1) is 0 Å². The Morgan fingerprint density at radius 2 is 1.80 bits per heavy atom. The highest BCUT2D eigenvalue weighted by Gasteiger charge is 2.13. The summed E-state index contributed by atoms with van der Waals surface area (Å²) in [5.41, 5.74) is 0. The molecule has 0 saturated heterocycles. The van der Waals surface area contributed by atoms with Crippen LogP contribution in [0.15, 0.2) is 0 Å². The second-order valence-corrected chi connectivity index (χ2v) is 12.5. The molecule has 0 aromatic rings. The standard InChI is InChI=1S/C10H28N2OSi2/c1-6-11-14(13-7-2)12-9-8-10-15(3,4)5/h11-12,14H,6-10H2,1-5H3. The molecule has 1 unspecified atom stereocenters. The van der Waals surface area contributed by atoms with Gasteiger partial charge in [0.2, 0.25) is 0 Å². The van der Waals surface area contributed by atoms with Crippen LogP contribution < -0.4 is 9.96 Å². The molecule has 0 saturated carbocycles. The lowest BCUT2D eigenvalue weighted by molar-refractivity contribution is 0.324. The SMILES string of the molecule is CCN[SiH](NCCC[Si](C)(C)C)OCC. The van der Waals surface area contributed by atoms with Crippen molar-refractivity contribution in [3.05, 3.63) is 0 Å². The third kappa shape index (κ3) is 10.6. The van der Waals surface area contributed by atoms with Gasteiger partial charge >= 0.3 is 9.36 Å². The van der Waals surface area contributed by atoms with Gasteiger partial charge in [0.25, 0.3) is 0 Å². The summed E-state index contributed by atoms with van der Waals surface area (Å²) in [6.45, 7) is 14.4. The molecule has 3 nitrogen and oxygen atoms in total. The summed E-state index contributed by atoms with van der Waals surface area (Å²) >= 11 is 0. The zero-order chi connectivity index (χ0) is 11.7. The molecule has 15 heavy (non-hydrogen) atoms. The molecule has 0 aliphatic carbocycles. The van der Waals surface area contributed by atoms with Gasteiger partial charge in [0.1, 0.15) is 0 Å². The van der Waals surface area contributed by atoms with E-state index in [-0.39, 0.29) is 0 Å². The Labute approximate surface area is 97.9 Å². The molecular weight excluding hydrogens is 220 g/mol. The van der Waals surface area contributed by atoms with Gasteiger partial charge < -0.3 is 14.4 Å². The minimum Gasteiger partial charge on any atom is -0.394 e. The normalized spacial score (nSPS) is 14.2. The average Bonchev–Trinajstić information content (AvgIpc) is 2.11. The van der Waals surface area contributed by atoms with Crippen molar-refractivity contribution in [2.24, 2.45) is 0 Å². The van der Waals surface area contributed by atoms with Crippen molar-refractivity contribution in [1.29, 1.82) is 0 Å². The van der Waals surface area contributed by atoms with E-state index in [1.54, 1.807) is 0 Å². The zero-order valence-electron chi connectivity index (χ0n) is 11.0. The maximum absolute atomic E-state index is 5.64. The molecule has 5 heteroatoms. The second-order valence-electron chi connectivity index (χ2n) is 5.01. The van der Waals surface area contributed by atoms with Gasteiger partial charge in [-0.3, -0.25) is 0 Å². The molecular formula is C10H28N2OSi2. The molecule has 1 atom stereocenters. The summed E-state index contributed by atoms with van der Waals surface area (Å²) in [6, 6.07) is 1.40. The smallest absolute Gasteiger partial charge is 0.335 e. The Balaban J connectivity index is 3.52. The van der Waals surface area contributed by atoms with E-state index in [0.29, 0.717) is 0 Å². The first-order chi connectivity index (χ1) is 6.99. The topological polar surface area (TPSA) is 33.3 Å². The highest BCUT2D eigenvalue weighted by atomic mass is 28.3. The predicted octanol–water partition coefficient (Wildman–Crippen LogP) is 1.67. The maximum atomic E-state index is 5.64. The molecule has 0 fully saturated rings. The van der Waals surface area contributed by atoms with Crippen LogP contribution in [0.1, 0.15) is 20.3 Å². The molecule has 0 heterocycles. The first kappa shape index (κ1) is 15.3. The van der Waals surface area contributed by atoms with Gasteiger partial charge in [-0.2, -0.15) is 0 Å². The third-order valence-electron chi connectivity index (χ3n) is 2.16. The van der Waals surface area contributed by atoms with E-state index in [1.807, 2.05) is 0 Å². The molecule has 0 amide bonds. The highest BCUT2D eigenvalue weighted by molar-refractivity contribution is 6.76. The van der Waals surface area contributed by atoms with Crippen LogP contribution in [-0.4, -0.2) is 37.1 Å². The van der Waals surface area contributed by atoms with Crippen LogP contribution in [-0.2, 0) is 4.43 Å². The first-order valence-electron chi connectivity index (χ1n) is 6.08. The van der Waals surface area contributed by atoms with Crippen LogP contribution in [0.5, 0.6) is 0 Å². The Morgan fingerprint density at radius 1 is 1.13 bits per heavy atom. The van der Waals surface area contributed by atoms with Crippen molar-refractivity contribution in [3.8, 4) is 0 Å². The van der Waals surface area contributed by atoms with Gasteiger partial charge in [0.05, 0.1) is 0 Å². The monoisotopic (exact) mass is 248 g/mol. The zero-order valence-corrected chi connectivity index (χ0v) is 13.2. The number of nitrogens with one attached hydrogen (secondary N) is 2. The predicted molar refractivity (Wildman–Crippen MR) is 73.2 cm³/mol. The van der Waals surface area contributed by atoms with E-state index in [0.717, 1.165) is 19.7 Å². The third-order valence-corrected chi connectivity index (χ3v) is 6.11. The van der Waals surface area contributed by atoms with Crippen molar-refractivity contribution < 1.29 is 4.43 Å². The summed E-state index contributed by atoms with van der Waals surface area (Å²) in [6.07, 6.45) is 1.29. The molecule has 0 radical (unpaired) electrons. The Kier molecular flexibility index (Phi) is 8.64. The van der Waals surface area contributed by atoms with E-state index in [4.69, 9.17) is 4.43 Å². The lowest BCUT2D eigenvalue weighted by atomic mass is 10.5. The van der Waals surface area contributed by atoms with Crippen LogP contribution in [0.2, 0.25) is 25.7 Å². The fourth-order valence-corrected chi connectivity index (χ4v) is 4.18. The van der Waals surface area contributed by atoms with Crippen molar-refractivity contribution >= 4 is 17.4 Å². The van der Waals surface area contributed by atoms with Crippen molar-refractivity contribution in [3.63, 3.8) is 0 Å². The molecule has 0 aromatic heterocycles. The van der Waals surface area contributed by atoms with Crippen molar-refractivity contribution in [2.45, 2.75) is 46.0 Å². The van der Waals surface area contributed by atoms with Gasteiger partial charge in [-0.1, -0.05) is 32.6 Å². The number of hydrogen-bond donors (Lipinski definition) is 2. The molecule has 0 rings (SSSR count). The molecule has 2 N–H and O–H groups in total. The largest absolute Gasteiger partial charge is 0.394 e.